The molecule has 28 heavy (non-hydrogen) atoms. The number of carbonyl (C=O) groups excluding carboxylic acids is 1. The Morgan fingerprint density at radius 3 is 2.29 bits per heavy atom. The number of nitrogens with one attached hydrogen (secondary N) is 1. The van der Waals surface area contributed by atoms with E-state index in [0.29, 0.717) is 5.56 Å². The Morgan fingerprint density at radius 2 is 1.68 bits per heavy atom. The van der Waals surface area contributed by atoms with E-state index >= 15 is 0 Å². The third kappa shape index (κ3) is 3.97. The molecule has 0 unspecified atom stereocenters. The third-order valence-corrected chi connectivity index (χ3v) is 5.59. The van der Waals surface area contributed by atoms with Crippen molar-refractivity contribution < 1.29 is 9.53 Å². The van der Waals surface area contributed by atoms with Gasteiger partial charge in [0.25, 0.3) is 0 Å². The van der Waals surface area contributed by atoms with E-state index in [9.17, 15) is 4.79 Å². The highest BCUT2D eigenvalue weighted by Gasteiger charge is 2.21. The zero-order chi connectivity index (χ0) is 20.1. The van der Waals surface area contributed by atoms with E-state index in [-0.39, 0.29) is 5.91 Å². The number of amides is 1. The lowest BCUT2D eigenvalue weighted by Crippen LogP contribution is -2.24. The van der Waals surface area contributed by atoms with Gasteiger partial charge < -0.3 is 15.8 Å². The minimum Gasteiger partial charge on any atom is -0.497 e. The van der Waals surface area contributed by atoms with Crippen LogP contribution in [0.25, 0.3) is 5.57 Å². The highest BCUT2D eigenvalue weighted by molar-refractivity contribution is 5.96. The smallest absolute Gasteiger partial charge is 0.248 e. The summed E-state index contributed by atoms with van der Waals surface area (Å²) in [5.41, 5.74) is 13.7. The number of benzene rings is 2. The lowest BCUT2D eigenvalue weighted by molar-refractivity contribution is 0.0999. The fourth-order valence-electron chi connectivity index (χ4n) is 4.27. The summed E-state index contributed by atoms with van der Waals surface area (Å²) >= 11 is 0. The van der Waals surface area contributed by atoms with E-state index in [4.69, 9.17) is 10.5 Å². The van der Waals surface area contributed by atoms with Crippen molar-refractivity contribution in [3.63, 3.8) is 0 Å². The van der Waals surface area contributed by atoms with Crippen molar-refractivity contribution in [2.45, 2.75) is 39.5 Å². The number of methoxy groups -OCH3 is 1. The summed E-state index contributed by atoms with van der Waals surface area (Å²) in [5, 5.41) is 3.45. The summed E-state index contributed by atoms with van der Waals surface area (Å²) < 4.78 is 5.48. The molecular weight excluding hydrogens is 348 g/mol. The number of nitrogens with two attached hydrogens (primary N) is 1. The molecule has 1 aliphatic rings. The van der Waals surface area contributed by atoms with Crippen LogP contribution in [0, 0.1) is 0 Å². The number of hydrogen-bond acceptors (Lipinski definition) is 3. The summed E-state index contributed by atoms with van der Waals surface area (Å²) in [4.78, 5) is 12.0. The summed E-state index contributed by atoms with van der Waals surface area (Å²) in [7, 11) is 1.70. The van der Waals surface area contributed by atoms with Crippen LogP contribution >= 0.6 is 0 Å². The molecule has 0 spiro atoms. The van der Waals surface area contributed by atoms with Gasteiger partial charge in [-0.1, -0.05) is 37.6 Å². The topological polar surface area (TPSA) is 64.4 Å². The summed E-state index contributed by atoms with van der Waals surface area (Å²) in [6.45, 7) is 6.22. The maximum absolute atomic E-state index is 12.0. The molecule has 1 fully saturated rings. The number of hydrogen-bond donors (Lipinski definition) is 2. The molecular formula is C24H30N2O2. The Kier molecular flexibility index (Phi) is 6.53. The molecule has 3 rings (SSSR count). The van der Waals surface area contributed by atoms with Crippen molar-refractivity contribution in [2.75, 3.05) is 20.2 Å². The van der Waals surface area contributed by atoms with Crippen LogP contribution in [0.3, 0.4) is 0 Å². The van der Waals surface area contributed by atoms with Crippen LogP contribution < -0.4 is 15.8 Å². The molecule has 0 radical (unpaired) electrons. The Bertz CT molecular complexity index is 891. The average Bonchev–Trinajstić information content (AvgIpc) is 2.74. The first-order valence-corrected chi connectivity index (χ1v) is 10.1. The molecule has 2 aromatic carbocycles. The van der Waals surface area contributed by atoms with Crippen molar-refractivity contribution in [1.82, 2.24) is 5.32 Å². The van der Waals surface area contributed by atoms with Gasteiger partial charge in [0.1, 0.15) is 5.75 Å². The van der Waals surface area contributed by atoms with E-state index in [2.05, 4.69) is 37.4 Å². The second-order valence-corrected chi connectivity index (χ2v) is 7.15. The van der Waals surface area contributed by atoms with Gasteiger partial charge in [-0.3, -0.25) is 4.79 Å². The maximum Gasteiger partial charge on any atom is 0.248 e. The fraction of sp³-hybridized carbons (Fsp3) is 0.375. The molecule has 0 saturated carbocycles. The monoisotopic (exact) mass is 378 g/mol. The molecule has 1 aliphatic heterocycles. The molecule has 0 bridgehead atoms. The number of piperidine rings is 1. The standard InChI is InChI=1S/C24H30N2O2/c1-4-19-20(5-2)22(24(25)27)10-9-21(19)23(16-11-13-26-14-12-16)17-7-6-8-18(15-17)28-3/h6-10,15,26H,4-5,11-14H2,1-3H3,(H2,25,27). The first-order chi connectivity index (χ1) is 13.6. The first kappa shape index (κ1) is 20.2. The van der Waals surface area contributed by atoms with Crippen LogP contribution in [-0.2, 0) is 12.8 Å². The van der Waals surface area contributed by atoms with E-state index < -0.39 is 0 Å². The minimum atomic E-state index is -0.351. The van der Waals surface area contributed by atoms with Gasteiger partial charge in [0, 0.05) is 5.56 Å². The normalized spacial score (nSPS) is 14.0. The van der Waals surface area contributed by atoms with E-state index in [0.717, 1.165) is 50.1 Å². The Labute approximate surface area is 167 Å². The molecule has 4 nitrogen and oxygen atoms in total. The quantitative estimate of drug-likeness (QED) is 0.795. The molecule has 1 amide bonds. The Morgan fingerprint density at radius 1 is 1.04 bits per heavy atom. The molecule has 3 N–H and O–H groups in total. The van der Waals surface area contributed by atoms with Gasteiger partial charge >= 0.3 is 0 Å². The minimum absolute atomic E-state index is 0.351. The van der Waals surface area contributed by atoms with Gasteiger partial charge in [0.15, 0.2) is 0 Å². The molecule has 148 valence electrons. The number of rotatable bonds is 6. The Balaban J connectivity index is 2.28. The van der Waals surface area contributed by atoms with Crippen molar-refractivity contribution in [3.8, 4) is 5.75 Å². The molecule has 1 heterocycles. The highest BCUT2D eigenvalue weighted by atomic mass is 16.5. The highest BCUT2D eigenvalue weighted by Crippen LogP contribution is 2.36. The third-order valence-electron chi connectivity index (χ3n) is 5.59. The first-order valence-electron chi connectivity index (χ1n) is 10.1. The van der Waals surface area contributed by atoms with Gasteiger partial charge in [-0.15, -0.1) is 0 Å². The van der Waals surface area contributed by atoms with Crippen molar-refractivity contribution in [1.29, 1.82) is 0 Å². The van der Waals surface area contributed by atoms with Crippen LogP contribution in [0.4, 0.5) is 0 Å². The van der Waals surface area contributed by atoms with Crippen LogP contribution in [0.2, 0.25) is 0 Å². The van der Waals surface area contributed by atoms with Crippen molar-refractivity contribution in [2.24, 2.45) is 5.73 Å². The Hall–Kier alpha value is -2.59. The molecule has 0 atom stereocenters. The molecule has 0 aliphatic carbocycles. The second-order valence-electron chi connectivity index (χ2n) is 7.15. The largest absolute Gasteiger partial charge is 0.497 e. The van der Waals surface area contributed by atoms with Crippen LogP contribution in [0.15, 0.2) is 42.0 Å². The zero-order valence-corrected chi connectivity index (χ0v) is 17.1. The van der Waals surface area contributed by atoms with E-state index in [1.54, 1.807) is 7.11 Å². The van der Waals surface area contributed by atoms with Crippen molar-refractivity contribution >= 4 is 11.5 Å². The summed E-state index contributed by atoms with van der Waals surface area (Å²) in [5.74, 6) is 0.502. The SMILES string of the molecule is CCc1c(C(N)=O)ccc(C(=C2CCNCC2)c2cccc(OC)c2)c1CC. The lowest BCUT2D eigenvalue weighted by atomic mass is 9.82. The lowest BCUT2D eigenvalue weighted by Gasteiger charge is -2.24. The van der Waals surface area contributed by atoms with Crippen molar-refractivity contribution in [3.05, 3.63) is 69.8 Å². The predicted molar refractivity (Wildman–Crippen MR) is 115 cm³/mol. The van der Waals surface area contributed by atoms with Gasteiger partial charge in [0.05, 0.1) is 7.11 Å². The maximum atomic E-state index is 12.0. The molecule has 1 saturated heterocycles. The van der Waals surface area contributed by atoms with E-state index in [1.165, 1.54) is 27.8 Å². The van der Waals surface area contributed by atoms with Gasteiger partial charge in [-0.05, 0) is 84.8 Å². The fourth-order valence-corrected chi connectivity index (χ4v) is 4.27. The van der Waals surface area contributed by atoms with Crippen LogP contribution in [0.1, 0.15) is 59.3 Å². The van der Waals surface area contributed by atoms with Crippen LogP contribution in [0.5, 0.6) is 5.75 Å². The van der Waals surface area contributed by atoms with Gasteiger partial charge in [-0.25, -0.2) is 0 Å². The molecule has 2 aromatic rings. The van der Waals surface area contributed by atoms with Gasteiger partial charge in [-0.2, -0.15) is 0 Å². The zero-order valence-electron chi connectivity index (χ0n) is 17.1. The average molecular weight is 379 g/mol. The molecule has 0 aromatic heterocycles. The number of ether oxygens (including phenoxy) is 1. The molecule has 4 heteroatoms. The number of carbonyl (C=O) groups is 1. The van der Waals surface area contributed by atoms with Crippen LogP contribution in [-0.4, -0.2) is 26.1 Å². The van der Waals surface area contributed by atoms with Gasteiger partial charge in [0.2, 0.25) is 5.91 Å². The van der Waals surface area contributed by atoms with E-state index in [1.807, 2.05) is 18.2 Å². The summed E-state index contributed by atoms with van der Waals surface area (Å²) in [6, 6.07) is 12.3. The number of primary amides is 1. The summed E-state index contributed by atoms with van der Waals surface area (Å²) in [6.07, 6.45) is 3.69. The predicted octanol–water partition coefficient (Wildman–Crippen LogP) is 4.10. The second kappa shape index (κ2) is 9.07.